The first-order valence-corrected chi connectivity index (χ1v) is 7.44. The highest BCUT2D eigenvalue weighted by Gasteiger charge is 2.07. The molecule has 0 aromatic rings. The molecule has 0 aliphatic carbocycles. The summed E-state index contributed by atoms with van der Waals surface area (Å²) in [6.07, 6.45) is 8.89. The Labute approximate surface area is 108 Å². The third kappa shape index (κ3) is 10.8. The van der Waals surface area contributed by atoms with E-state index < -0.39 is 0 Å². The summed E-state index contributed by atoms with van der Waals surface area (Å²) >= 11 is 0. The van der Waals surface area contributed by atoms with Gasteiger partial charge in [0.1, 0.15) is 0 Å². The fraction of sp³-hybridized carbons (Fsp3) is 1.00. The normalized spacial score (nSPS) is 15.2. The van der Waals surface area contributed by atoms with Crippen LogP contribution in [0.25, 0.3) is 0 Å². The van der Waals surface area contributed by atoms with Crippen molar-refractivity contribution in [2.75, 3.05) is 20.1 Å². The monoisotopic (exact) mass is 243 g/mol. The molecule has 0 radical (unpaired) electrons. The zero-order valence-electron chi connectivity index (χ0n) is 12.4. The van der Waals surface area contributed by atoms with Crippen molar-refractivity contribution >= 4 is 0 Å². The minimum absolute atomic E-state index is 0.143. The molecule has 2 heteroatoms. The third-order valence-corrected chi connectivity index (χ3v) is 3.67. The first-order valence-electron chi connectivity index (χ1n) is 7.44. The molecule has 1 N–H and O–H groups in total. The summed E-state index contributed by atoms with van der Waals surface area (Å²) in [5.41, 5.74) is 0. The van der Waals surface area contributed by atoms with Gasteiger partial charge >= 0.3 is 0 Å². The van der Waals surface area contributed by atoms with Crippen molar-refractivity contribution in [1.82, 2.24) is 4.90 Å². The Bertz CT molecular complexity index is 159. The molecular weight excluding hydrogens is 210 g/mol. The molecule has 0 saturated heterocycles. The van der Waals surface area contributed by atoms with Crippen molar-refractivity contribution in [1.29, 1.82) is 0 Å². The molecule has 0 bridgehead atoms. The Hall–Kier alpha value is -0.0800. The second-order valence-corrected chi connectivity index (χ2v) is 5.58. The van der Waals surface area contributed by atoms with Gasteiger partial charge in [0, 0.05) is 0 Å². The predicted molar refractivity (Wildman–Crippen MR) is 76.3 cm³/mol. The quantitative estimate of drug-likeness (QED) is 0.560. The molecular formula is C15H33NO. The van der Waals surface area contributed by atoms with Crippen molar-refractivity contribution in [2.24, 2.45) is 5.92 Å². The van der Waals surface area contributed by atoms with Crippen LogP contribution in [0.1, 0.15) is 65.7 Å². The molecule has 0 amide bonds. The van der Waals surface area contributed by atoms with Crippen LogP contribution >= 0.6 is 0 Å². The lowest BCUT2D eigenvalue weighted by atomic mass is 9.98. The van der Waals surface area contributed by atoms with Crippen LogP contribution in [0.15, 0.2) is 0 Å². The Morgan fingerprint density at radius 1 is 0.941 bits per heavy atom. The highest BCUT2D eigenvalue weighted by molar-refractivity contribution is 4.59. The number of nitrogens with zero attached hydrogens (tertiary/aromatic N) is 1. The topological polar surface area (TPSA) is 23.5 Å². The fourth-order valence-electron chi connectivity index (χ4n) is 1.98. The zero-order valence-corrected chi connectivity index (χ0v) is 12.4. The first-order chi connectivity index (χ1) is 8.07. The van der Waals surface area contributed by atoms with Crippen LogP contribution in [0, 0.1) is 5.92 Å². The van der Waals surface area contributed by atoms with Crippen LogP contribution in [0.2, 0.25) is 0 Å². The lowest BCUT2D eigenvalue weighted by Crippen LogP contribution is -2.20. The lowest BCUT2D eigenvalue weighted by Gasteiger charge is -2.16. The van der Waals surface area contributed by atoms with Gasteiger partial charge in [0.25, 0.3) is 0 Å². The molecule has 0 heterocycles. The largest absolute Gasteiger partial charge is 0.393 e. The molecule has 0 aromatic heterocycles. The maximum atomic E-state index is 9.37. The molecule has 0 aliphatic heterocycles. The van der Waals surface area contributed by atoms with E-state index in [1.807, 2.05) is 6.92 Å². The van der Waals surface area contributed by atoms with Crippen LogP contribution in [0.5, 0.6) is 0 Å². The Balaban J connectivity index is 3.23. The van der Waals surface area contributed by atoms with Gasteiger partial charge in [-0.25, -0.2) is 0 Å². The van der Waals surface area contributed by atoms with E-state index in [1.54, 1.807) is 0 Å². The molecule has 0 aliphatic rings. The standard InChI is InChI=1S/C15H33NO/c1-5-6-12-16(4)13-10-8-7-9-11-14(2)15(3)17/h14-15,17H,5-13H2,1-4H3. The number of rotatable bonds is 11. The summed E-state index contributed by atoms with van der Waals surface area (Å²) in [4.78, 5) is 2.45. The molecule has 0 saturated carbocycles. The van der Waals surface area contributed by atoms with Crippen molar-refractivity contribution in [3.05, 3.63) is 0 Å². The van der Waals surface area contributed by atoms with E-state index in [0.29, 0.717) is 5.92 Å². The number of unbranched alkanes of at least 4 members (excludes halogenated alkanes) is 4. The predicted octanol–water partition coefficient (Wildman–Crippen LogP) is 3.69. The maximum Gasteiger partial charge on any atom is 0.0537 e. The van der Waals surface area contributed by atoms with E-state index >= 15 is 0 Å². The molecule has 0 spiro atoms. The van der Waals surface area contributed by atoms with Gasteiger partial charge in [0.15, 0.2) is 0 Å². The van der Waals surface area contributed by atoms with Crippen LogP contribution in [0.4, 0.5) is 0 Å². The molecule has 104 valence electrons. The van der Waals surface area contributed by atoms with E-state index in [0.717, 1.165) is 0 Å². The van der Waals surface area contributed by atoms with E-state index in [1.165, 1.54) is 58.0 Å². The summed E-state index contributed by atoms with van der Waals surface area (Å²) in [7, 11) is 2.23. The molecule has 0 rings (SSSR count). The summed E-state index contributed by atoms with van der Waals surface area (Å²) < 4.78 is 0. The molecule has 17 heavy (non-hydrogen) atoms. The lowest BCUT2D eigenvalue weighted by molar-refractivity contribution is 0.128. The van der Waals surface area contributed by atoms with Gasteiger partial charge in [-0.05, 0) is 52.2 Å². The first kappa shape index (κ1) is 16.9. The van der Waals surface area contributed by atoms with Crippen molar-refractivity contribution in [3.8, 4) is 0 Å². The highest BCUT2D eigenvalue weighted by Crippen LogP contribution is 2.13. The van der Waals surface area contributed by atoms with Gasteiger partial charge in [-0.15, -0.1) is 0 Å². The van der Waals surface area contributed by atoms with E-state index in [2.05, 4.69) is 25.8 Å². The van der Waals surface area contributed by atoms with Gasteiger partial charge < -0.3 is 10.0 Å². The summed E-state index contributed by atoms with van der Waals surface area (Å²) in [6, 6.07) is 0. The molecule has 2 nitrogen and oxygen atoms in total. The number of hydrogen-bond donors (Lipinski definition) is 1. The molecule has 0 fully saturated rings. The summed E-state index contributed by atoms with van der Waals surface area (Å²) in [5.74, 6) is 0.460. The number of aliphatic hydroxyl groups excluding tert-OH is 1. The summed E-state index contributed by atoms with van der Waals surface area (Å²) in [6.45, 7) is 8.77. The highest BCUT2D eigenvalue weighted by atomic mass is 16.3. The average Bonchev–Trinajstić information content (AvgIpc) is 2.30. The second-order valence-electron chi connectivity index (χ2n) is 5.58. The van der Waals surface area contributed by atoms with Crippen LogP contribution in [-0.2, 0) is 0 Å². The van der Waals surface area contributed by atoms with E-state index in [9.17, 15) is 5.11 Å². The SMILES string of the molecule is CCCCN(C)CCCCCCC(C)C(C)O. The third-order valence-electron chi connectivity index (χ3n) is 3.67. The molecule has 2 unspecified atom stereocenters. The second kappa shape index (κ2) is 11.0. The minimum atomic E-state index is -0.143. The van der Waals surface area contributed by atoms with Gasteiger partial charge in [0.05, 0.1) is 6.10 Å². The van der Waals surface area contributed by atoms with Gasteiger partial charge in [0.2, 0.25) is 0 Å². The van der Waals surface area contributed by atoms with Gasteiger partial charge in [-0.3, -0.25) is 0 Å². The maximum absolute atomic E-state index is 9.37. The van der Waals surface area contributed by atoms with Gasteiger partial charge in [-0.1, -0.05) is 39.5 Å². The average molecular weight is 243 g/mol. The Morgan fingerprint density at radius 3 is 2.12 bits per heavy atom. The molecule has 2 atom stereocenters. The number of hydrogen-bond acceptors (Lipinski definition) is 2. The number of aliphatic hydroxyl groups is 1. The van der Waals surface area contributed by atoms with Crippen molar-refractivity contribution in [3.63, 3.8) is 0 Å². The van der Waals surface area contributed by atoms with Crippen molar-refractivity contribution < 1.29 is 5.11 Å². The van der Waals surface area contributed by atoms with Crippen LogP contribution < -0.4 is 0 Å². The Morgan fingerprint density at radius 2 is 1.53 bits per heavy atom. The smallest absolute Gasteiger partial charge is 0.0537 e. The van der Waals surface area contributed by atoms with Gasteiger partial charge in [-0.2, -0.15) is 0 Å². The van der Waals surface area contributed by atoms with E-state index in [-0.39, 0.29) is 6.10 Å². The van der Waals surface area contributed by atoms with Crippen LogP contribution in [0.3, 0.4) is 0 Å². The molecule has 0 aromatic carbocycles. The summed E-state index contributed by atoms with van der Waals surface area (Å²) in [5, 5.41) is 9.37. The fourth-order valence-corrected chi connectivity index (χ4v) is 1.98. The van der Waals surface area contributed by atoms with Crippen molar-refractivity contribution in [2.45, 2.75) is 71.8 Å². The van der Waals surface area contributed by atoms with E-state index in [4.69, 9.17) is 0 Å². The Kier molecular flexibility index (Phi) is 11.0. The zero-order chi connectivity index (χ0) is 13.1. The minimum Gasteiger partial charge on any atom is -0.393 e. The van der Waals surface area contributed by atoms with Crippen LogP contribution in [-0.4, -0.2) is 36.2 Å².